The van der Waals surface area contributed by atoms with E-state index < -0.39 is 0 Å². The van der Waals surface area contributed by atoms with Crippen LogP contribution in [0, 0.1) is 0 Å². The molecule has 0 spiro atoms. The Morgan fingerprint density at radius 3 is 2.38 bits per heavy atom. The van der Waals surface area contributed by atoms with Gasteiger partial charge < -0.3 is 9.47 Å². The molecule has 1 N–H and O–H groups in total. The minimum absolute atomic E-state index is 0.294. The van der Waals surface area contributed by atoms with Gasteiger partial charge in [0.25, 0.3) is 5.91 Å². The second-order valence-electron chi connectivity index (χ2n) is 4.00. The first kappa shape index (κ1) is 15.7. The molecule has 0 saturated carbocycles. The van der Waals surface area contributed by atoms with Gasteiger partial charge in [0.05, 0.1) is 14.2 Å². The van der Waals surface area contributed by atoms with Gasteiger partial charge in [0.2, 0.25) is 5.13 Å². The molecule has 1 aromatic heterocycles. The van der Waals surface area contributed by atoms with Crippen molar-refractivity contribution >= 4 is 38.3 Å². The third kappa shape index (κ3) is 3.51. The van der Waals surface area contributed by atoms with Crippen LogP contribution >= 0.6 is 27.3 Å². The molecule has 8 heteroatoms. The summed E-state index contributed by atoms with van der Waals surface area (Å²) >= 11 is 4.72. The maximum absolute atomic E-state index is 12.3. The highest BCUT2D eigenvalue weighted by atomic mass is 79.9. The first-order valence-corrected chi connectivity index (χ1v) is 7.75. The van der Waals surface area contributed by atoms with Crippen molar-refractivity contribution < 1.29 is 14.3 Å². The molecule has 0 bridgehead atoms. The lowest BCUT2D eigenvalue weighted by atomic mass is 10.2. The van der Waals surface area contributed by atoms with Gasteiger partial charge in [-0.1, -0.05) is 18.3 Å². The molecule has 0 saturated heterocycles. The first-order chi connectivity index (χ1) is 10.1. The number of benzene rings is 1. The van der Waals surface area contributed by atoms with Gasteiger partial charge in [-0.3, -0.25) is 10.1 Å². The molecule has 1 aromatic carbocycles. The molecule has 1 heterocycles. The second kappa shape index (κ2) is 6.86. The number of halogens is 1. The average molecular weight is 372 g/mol. The van der Waals surface area contributed by atoms with Crippen molar-refractivity contribution in [1.82, 2.24) is 10.2 Å². The summed E-state index contributed by atoms with van der Waals surface area (Å²) < 4.78 is 11.1. The molecule has 0 unspecified atom stereocenters. The van der Waals surface area contributed by atoms with Gasteiger partial charge in [-0.25, -0.2) is 0 Å². The van der Waals surface area contributed by atoms with Crippen molar-refractivity contribution in [3.05, 3.63) is 27.2 Å². The van der Waals surface area contributed by atoms with Gasteiger partial charge in [0.15, 0.2) is 0 Å². The number of methoxy groups -OCH3 is 2. The van der Waals surface area contributed by atoms with Crippen molar-refractivity contribution in [2.75, 3.05) is 19.5 Å². The van der Waals surface area contributed by atoms with Crippen LogP contribution in [-0.4, -0.2) is 30.3 Å². The summed E-state index contributed by atoms with van der Waals surface area (Å²) in [5.74, 6) is 0.745. The summed E-state index contributed by atoms with van der Waals surface area (Å²) in [6, 6.07) is 3.26. The SMILES string of the molecule is CCc1nnc(NC(=O)c2cc(OC)c(Br)c(OC)c2)s1. The summed E-state index contributed by atoms with van der Waals surface area (Å²) in [4.78, 5) is 12.3. The van der Waals surface area contributed by atoms with Crippen LogP contribution in [0.5, 0.6) is 11.5 Å². The topological polar surface area (TPSA) is 73.3 Å². The molecule has 0 fully saturated rings. The Balaban J connectivity index is 2.26. The highest BCUT2D eigenvalue weighted by Gasteiger charge is 2.16. The lowest BCUT2D eigenvalue weighted by molar-refractivity contribution is 0.102. The zero-order valence-corrected chi connectivity index (χ0v) is 14.2. The van der Waals surface area contributed by atoms with Crippen LogP contribution in [0.25, 0.3) is 0 Å². The summed E-state index contributed by atoms with van der Waals surface area (Å²) in [5, 5.41) is 11.9. The number of ether oxygens (including phenoxy) is 2. The monoisotopic (exact) mass is 371 g/mol. The minimum Gasteiger partial charge on any atom is -0.495 e. The molecule has 2 rings (SSSR count). The summed E-state index contributed by atoms with van der Waals surface area (Å²) in [7, 11) is 3.05. The largest absolute Gasteiger partial charge is 0.495 e. The van der Waals surface area contributed by atoms with Crippen molar-refractivity contribution in [2.24, 2.45) is 0 Å². The Morgan fingerprint density at radius 1 is 1.29 bits per heavy atom. The molecule has 112 valence electrons. The zero-order chi connectivity index (χ0) is 15.4. The number of rotatable bonds is 5. The van der Waals surface area contributed by atoms with E-state index in [0.29, 0.717) is 26.7 Å². The molecule has 0 atom stereocenters. The van der Waals surface area contributed by atoms with E-state index >= 15 is 0 Å². The fourth-order valence-electron chi connectivity index (χ4n) is 1.62. The van der Waals surface area contributed by atoms with Crippen molar-refractivity contribution in [1.29, 1.82) is 0 Å². The van der Waals surface area contributed by atoms with Gasteiger partial charge in [-0.05, 0) is 34.5 Å². The maximum Gasteiger partial charge on any atom is 0.257 e. The molecule has 0 aliphatic rings. The lowest BCUT2D eigenvalue weighted by Crippen LogP contribution is -2.12. The van der Waals surface area contributed by atoms with E-state index in [2.05, 4.69) is 31.4 Å². The van der Waals surface area contributed by atoms with Crippen molar-refractivity contribution in [3.63, 3.8) is 0 Å². The van der Waals surface area contributed by atoms with Crippen LogP contribution in [0.15, 0.2) is 16.6 Å². The summed E-state index contributed by atoms with van der Waals surface area (Å²) in [6.07, 6.45) is 0.785. The normalized spacial score (nSPS) is 10.3. The Hall–Kier alpha value is -1.67. The number of carbonyl (C=O) groups is 1. The molecule has 0 aliphatic carbocycles. The first-order valence-electron chi connectivity index (χ1n) is 6.14. The third-order valence-electron chi connectivity index (χ3n) is 2.70. The molecule has 21 heavy (non-hydrogen) atoms. The van der Waals surface area contributed by atoms with Gasteiger partial charge >= 0.3 is 0 Å². The number of nitrogens with one attached hydrogen (secondary N) is 1. The van der Waals surface area contributed by atoms with E-state index in [1.807, 2.05) is 6.92 Å². The maximum atomic E-state index is 12.3. The molecule has 0 radical (unpaired) electrons. The fourth-order valence-corrected chi connectivity index (χ4v) is 2.84. The van der Waals surface area contributed by atoms with Crippen molar-refractivity contribution in [3.8, 4) is 11.5 Å². The number of aromatic nitrogens is 2. The molecular formula is C13H14BrN3O3S. The van der Waals surface area contributed by atoms with E-state index in [4.69, 9.17) is 9.47 Å². The highest BCUT2D eigenvalue weighted by molar-refractivity contribution is 9.10. The van der Waals surface area contributed by atoms with E-state index in [1.165, 1.54) is 25.6 Å². The number of hydrogen-bond acceptors (Lipinski definition) is 6. The van der Waals surface area contributed by atoms with E-state index in [1.54, 1.807) is 12.1 Å². The molecule has 1 amide bonds. The minimum atomic E-state index is -0.294. The van der Waals surface area contributed by atoms with Crippen molar-refractivity contribution in [2.45, 2.75) is 13.3 Å². The smallest absolute Gasteiger partial charge is 0.257 e. The molecule has 6 nitrogen and oxygen atoms in total. The second-order valence-corrected chi connectivity index (χ2v) is 5.86. The van der Waals surface area contributed by atoms with Gasteiger partial charge in [-0.2, -0.15) is 0 Å². The van der Waals surface area contributed by atoms with Crippen LogP contribution in [-0.2, 0) is 6.42 Å². The van der Waals surface area contributed by atoms with Crippen LogP contribution in [0.1, 0.15) is 22.3 Å². The Morgan fingerprint density at radius 2 is 1.90 bits per heavy atom. The van der Waals surface area contributed by atoms with Gasteiger partial charge in [-0.15, -0.1) is 10.2 Å². The van der Waals surface area contributed by atoms with Gasteiger partial charge in [0, 0.05) is 5.56 Å². The van der Waals surface area contributed by atoms with Gasteiger partial charge in [0.1, 0.15) is 21.0 Å². The number of nitrogens with zero attached hydrogens (tertiary/aromatic N) is 2. The van der Waals surface area contributed by atoms with Crippen LogP contribution < -0.4 is 14.8 Å². The van der Waals surface area contributed by atoms with E-state index in [9.17, 15) is 4.79 Å². The zero-order valence-electron chi connectivity index (χ0n) is 11.8. The summed E-state index contributed by atoms with van der Waals surface area (Å²) in [6.45, 7) is 1.98. The Labute approximate surface area is 134 Å². The van der Waals surface area contributed by atoms with E-state index in [0.717, 1.165) is 11.4 Å². The lowest BCUT2D eigenvalue weighted by Gasteiger charge is -2.10. The van der Waals surface area contributed by atoms with Crippen LogP contribution in [0.2, 0.25) is 0 Å². The fraction of sp³-hybridized carbons (Fsp3) is 0.308. The third-order valence-corrected chi connectivity index (χ3v) is 4.46. The predicted octanol–water partition coefficient (Wildman–Crippen LogP) is 3.13. The van der Waals surface area contributed by atoms with E-state index in [-0.39, 0.29) is 5.91 Å². The van der Waals surface area contributed by atoms with Crippen LogP contribution in [0.3, 0.4) is 0 Å². The number of carbonyl (C=O) groups excluding carboxylic acids is 1. The Bertz CT molecular complexity index is 635. The quantitative estimate of drug-likeness (QED) is 0.873. The standard InChI is InChI=1S/C13H14BrN3O3S/c1-4-10-16-17-13(21-10)15-12(18)7-5-8(19-2)11(14)9(6-7)20-3/h5-6H,4H2,1-3H3,(H,15,17,18). The predicted molar refractivity (Wildman–Crippen MR) is 84.5 cm³/mol. The van der Waals surface area contributed by atoms with Crippen LogP contribution in [0.4, 0.5) is 5.13 Å². The Kier molecular flexibility index (Phi) is 5.13. The summed E-state index contributed by atoms with van der Waals surface area (Å²) in [5.41, 5.74) is 0.417. The number of aryl methyl sites for hydroxylation is 1. The number of amides is 1. The average Bonchev–Trinajstić information content (AvgIpc) is 2.95. The number of hydrogen-bond donors (Lipinski definition) is 1. The number of anilines is 1. The highest BCUT2D eigenvalue weighted by Crippen LogP contribution is 2.35. The molecule has 0 aliphatic heterocycles. The molecular weight excluding hydrogens is 358 g/mol. The molecule has 2 aromatic rings.